The predicted molar refractivity (Wildman–Crippen MR) is 101 cm³/mol. The van der Waals surface area contributed by atoms with Crippen molar-refractivity contribution in [3.63, 3.8) is 0 Å². The number of carbonyl (C=O) groups is 3. The number of carboxylic acids is 2. The van der Waals surface area contributed by atoms with Crippen LogP contribution < -0.4 is 10.1 Å². The van der Waals surface area contributed by atoms with Crippen molar-refractivity contribution in [1.29, 1.82) is 0 Å². The van der Waals surface area contributed by atoms with Crippen molar-refractivity contribution in [1.82, 2.24) is 0 Å². The second-order valence-corrected chi connectivity index (χ2v) is 5.77. The van der Waals surface area contributed by atoms with Crippen LogP contribution >= 0.6 is 0 Å². The van der Waals surface area contributed by atoms with Gasteiger partial charge in [-0.1, -0.05) is 24.3 Å². The molecule has 0 aliphatic carbocycles. The Kier molecular flexibility index (Phi) is 5.36. The maximum atomic E-state index is 12.2. The summed E-state index contributed by atoms with van der Waals surface area (Å²) in [6.45, 7) is 0. The van der Waals surface area contributed by atoms with E-state index in [2.05, 4.69) is 5.32 Å². The summed E-state index contributed by atoms with van der Waals surface area (Å²) in [7, 11) is 0. The molecule has 0 bridgehead atoms. The van der Waals surface area contributed by atoms with Crippen molar-refractivity contribution in [3.05, 3.63) is 89.5 Å². The average molecular weight is 377 g/mol. The lowest BCUT2D eigenvalue weighted by atomic mass is 10.1. The van der Waals surface area contributed by atoms with Crippen LogP contribution in [0.4, 0.5) is 5.69 Å². The van der Waals surface area contributed by atoms with E-state index in [1.807, 2.05) is 6.07 Å². The molecule has 0 radical (unpaired) electrons. The van der Waals surface area contributed by atoms with Crippen LogP contribution in [0.5, 0.6) is 11.5 Å². The third-order valence-corrected chi connectivity index (χ3v) is 3.82. The number of ether oxygens (including phenoxy) is 1. The lowest BCUT2D eigenvalue weighted by molar-refractivity contribution is 0.0651. The summed E-state index contributed by atoms with van der Waals surface area (Å²) < 4.78 is 5.62. The lowest BCUT2D eigenvalue weighted by Gasteiger charge is -2.10. The van der Waals surface area contributed by atoms with Crippen molar-refractivity contribution >= 4 is 23.5 Å². The fraction of sp³-hybridized carbons (Fsp3) is 0. The van der Waals surface area contributed by atoms with Gasteiger partial charge in [0.15, 0.2) is 0 Å². The number of amides is 1. The molecule has 140 valence electrons. The minimum absolute atomic E-state index is 0.161. The van der Waals surface area contributed by atoms with Gasteiger partial charge < -0.3 is 20.3 Å². The second kappa shape index (κ2) is 8.05. The van der Waals surface area contributed by atoms with E-state index in [1.54, 1.807) is 48.5 Å². The Morgan fingerprint density at radius 2 is 1.39 bits per heavy atom. The first kappa shape index (κ1) is 18.7. The molecular weight excluding hydrogens is 362 g/mol. The van der Waals surface area contributed by atoms with E-state index in [9.17, 15) is 19.5 Å². The SMILES string of the molecule is O=C(Nc1cccc(Oc2ccc(C(=O)O)c(C(=O)O)c2)c1)c1ccccc1. The van der Waals surface area contributed by atoms with Crippen LogP contribution in [0.2, 0.25) is 0 Å². The molecule has 0 saturated heterocycles. The quantitative estimate of drug-likeness (QED) is 0.595. The molecule has 0 spiro atoms. The smallest absolute Gasteiger partial charge is 0.336 e. The number of nitrogens with one attached hydrogen (secondary N) is 1. The van der Waals surface area contributed by atoms with Gasteiger partial charge in [-0.3, -0.25) is 4.79 Å². The summed E-state index contributed by atoms with van der Waals surface area (Å²) in [5.41, 5.74) is 0.290. The Morgan fingerprint density at radius 1 is 0.714 bits per heavy atom. The van der Waals surface area contributed by atoms with Crippen LogP contribution in [0.25, 0.3) is 0 Å². The molecule has 7 nitrogen and oxygen atoms in total. The maximum absolute atomic E-state index is 12.2. The molecule has 3 aromatic carbocycles. The standard InChI is InChI=1S/C21H15NO6/c23-19(13-5-2-1-3-6-13)22-14-7-4-8-15(11-14)28-16-9-10-17(20(24)25)18(12-16)21(26)27/h1-12H,(H,22,23)(H,24,25)(H,26,27). The Balaban J connectivity index is 1.80. The summed E-state index contributed by atoms with van der Waals surface area (Å²) >= 11 is 0. The summed E-state index contributed by atoms with van der Waals surface area (Å²) in [6, 6.07) is 18.9. The summed E-state index contributed by atoms with van der Waals surface area (Å²) in [5.74, 6) is -2.47. The Labute approximate surface area is 159 Å². The highest BCUT2D eigenvalue weighted by atomic mass is 16.5. The van der Waals surface area contributed by atoms with Crippen LogP contribution in [0, 0.1) is 0 Å². The molecule has 28 heavy (non-hydrogen) atoms. The van der Waals surface area contributed by atoms with Crippen LogP contribution in [-0.4, -0.2) is 28.1 Å². The van der Waals surface area contributed by atoms with E-state index in [0.717, 1.165) is 6.07 Å². The Morgan fingerprint density at radius 3 is 2.07 bits per heavy atom. The molecule has 0 atom stereocenters. The molecule has 0 fully saturated rings. The monoisotopic (exact) mass is 377 g/mol. The molecule has 3 N–H and O–H groups in total. The first-order valence-corrected chi connectivity index (χ1v) is 8.19. The van der Waals surface area contributed by atoms with Gasteiger partial charge in [-0.25, -0.2) is 9.59 Å². The lowest BCUT2D eigenvalue weighted by Crippen LogP contribution is -2.11. The normalized spacial score (nSPS) is 10.1. The number of aromatic carboxylic acids is 2. The van der Waals surface area contributed by atoms with Crippen LogP contribution in [0.3, 0.4) is 0 Å². The topological polar surface area (TPSA) is 113 Å². The molecule has 1 amide bonds. The van der Waals surface area contributed by atoms with Gasteiger partial charge in [0, 0.05) is 17.3 Å². The molecule has 0 aliphatic rings. The summed E-state index contributed by atoms with van der Waals surface area (Å²) in [5, 5.41) is 21.0. The van der Waals surface area contributed by atoms with Crippen molar-refractivity contribution in [2.45, 2.75) is 0 Å². The molecule has 0 aliphatic heterocycles. The van der Waals surface area contributed by atoms with Gasteiger partial charge in [0.25, 0.3) is 5.91 Å². The largest absolute Gasteiger partial charge is 0.478 e. The summed E-state index contributed by atoms with van der Waals surface area (Å²) in [4.78, 5) is 34.6. The van der Waals surface area contributed by atoms with E-state index in [4.69, 9.17) is 9.84 Å². The summed E-state index contributed by atoms with van der Waals surface area (Å²) in [6.07, 6.45) is 0. The highest BCUT2D eigenvalue weighted by Gasteiger charge is 2.17. The third-order valence-electron chi connectivity index (χ3n) is 3.82. The van der Waals surface area contributed by atoms with E-state index >= 15 is 0 Å². The van der Waals surface area contributed by atoms with Crippen LogP contribution in [0.1, 0.15) is 31.1 Å². The molecule has 0 aromatic heterocycles. The highest BCUT2D eigenvalue weighted by Crippen LogP contribution is 2.26. The van der Waals surface area contributed by atoms with Gasteiger partial charge >= 0.3 is 11.9 Å². The van der Waals surface area contributed by atoms with E-state index in [1.165, 1.54) is 12.1 Å². The number of carboxylic acid groups (broad SMARTS) is 2. The molecule has 0 unspecified atom stereocenters. The zero-order valence-corrected chi connectivity index (χ0v) is 14.5. The van der Waals surface area contributed by atoms with Crippen molar-refractivity contribution in [2.24, 2.45) is 0 Å². The number of benzene rings is 3. The molecule has 7 heteroatoms. The number of anilines is 1. The van der Waals surface area contributed by atoms with Crippen LogP contribution in [0.15, 0.2) is 72.8 Å². The number of rotatable bonds is 6. The highest BCUT2D eigenvalue weighted by molar-refractivity contribution is 6.04. The Hall–Kier alpha value is -4.13. The average Bonchev–Trinajstić information content (AvgIpc) is 2.68. The van der Waals surface area contributed by atoms with Crippen LogP contribution in [-0.2, 0) is 0 Å². The van der Waals surface area contributed by atoms with Crippen molar-refractivity contribution < 1.29 is 29.3 Å². The zero-order valence-electron chi connectivity index (χ0n) is 14.5. The van der Waals surface area contributed by atoms with Gasteiger partial charge in [-0.05, 0) is 42.5 Å². The third kappa shape index (κ3) is 4.34. The van der Waals surface area contributed by atoms with Gasteiger partial charge in [-0.2, -0.15) is 0 Å². The molecule has 0 saturated carbocycles. The van der Waals surface area contributed by atoms with Crippen molar-refractivity contribution in [3.8, 4) is 11.5 Å². The zero-order chi connectivity index (χ0) is 20.1. The van der Waals surface area contributed by atoms with Gasteiger partial charge in [-0.15, -0.1) is 0 Å². The molecule has 3 rings (SSSR count). The predicted octanol–water partition coefficient (Wildman–Crippen LogP) is 4.13. The minimum atomic E-state index is -1.37. The van der Waals surface area contributed by atoms with E-state index in [-0.39, 0.29) is 22.8 Å². The molecular formula is C21H15NO6. The first-order chi connectivity index (χ1) is 13.4. The number of carbonyl (C=O) groups excluding carboxylic acids is 1. The van der Waals surface area contributed by atoms with Gasteiger partial charge in [0.2, 0.25) is 0 Å². The molecule has 3 aromatic rings. The fourth-order valence-corrected chi connectivity index (χ4v) is 2.52. The number of hydrogen-bond acceptors (Lipinski definition) is 4. The fourth-order valence-electron chi connectivity index (χ4n) is 2.52. The number of hydrogen-bond donors (Lipinski definition) is 3. The first-order valence-electron chi connectivity index (χ1n) is 8.19. The second-order valence-electron chi connectivity index (χ2n) is 5.77. The van der Waals surface area contributed by atoms with Gasteiger partial charge in [0.05, 0.1) is 11.1 Å². The molecule has 0 heterocycles. The van der Waals surface area contributed by atoms with Gasteiger partial charge in [0.1, 0.15) is 11.5 Å². The van der Waals surface area contributed by atoms with Crippen molar-refractivity contribution in [2.75, 3.05) is 5.32 Å². The van der Waals surface area contributed by atoms with E-state index < -0.39 is 11.9 Å². The Bertz CT molecular complexity index is 1050. The van der Waals surface area contributed by atoms with E-state index in [0.29, 0.717) is 17.0 Å². The maximum Gasteiger partial charge on any atom is 0.336 e. The minimum Gasteiger partial charge on any atom is -0.478 e.